The number of nitrogens with zero attached hydrogens (tertiary/aromatic N) is 1. The lowest BCUT2D eigenvalue weighted by Gasteiger charge is -2.39. The van der Waals surface area contributed by atoms with Crippen LogP contribution in [0.5, 0.6) is 0 Å². The second kappa shape index (κ2) is 5.36. The van der Waals surface area contributed by atoms with Crippen LogP contribution in [0.1, 0.15) is 50.5 Å². The molecule has 0 N–H and O–H groups in total. The third-order valence-electron chi connectivity index (χ3n) is 4.84. The van der Waals surface area contributed by atoms with Crippen molar-refractivity contribution in [3.8, 4) is 0 Å². The Morgan fingerprint density at radius 2 is 1.53 bits per heavy atom. The van der Waals surface area contributed by atoms with Gasteiger partial charge in [0.25, 0.3) is 0 Å². The Balaban J connectivity index is 1.94. The van der Waals surface area contributed by atoms with Crippen LogP contribution in [0.2, 0.25) is 0 Å². The molecule has 0 radical (unpaired) electrons. The van der Waals surface area contributed by atoms with Crippen LogP contribution >= 0.6 is 0 Å². The van der Waals surface area contributed by atoms with E-state index in [1.165, 1.54) is 37.7 Å². The van der Waals surface area contributed by atoms with E-state index in [4.69, 9.17) is 0 Å². The zero-order chi connectivity index (χ0) is 13.1. The van der Waals surface area contributed by atoms with Crippen molar-refractivity contribution in [1.82, 2.24) is 4.90 Å². The van der Waals surface area contributed by atoms with Crippen molar-refractivity contribution in [1.29, 1.82) is 0 Å². The molecule has 2 nitrogen and oxygen atoms in total. The summed E-state index contributed by atoms with van der Waals surface area (Å²) < 4.78 is 0. The number of likely N-dealkylation sites (tertiary alicyclic amines) is 1. The van der Waals surface area contributed by atoms with Gasteiger partial charge in [0, 0.05) is 13.1 Å². The van der Waals surface area contributed by atoms with Crippen molar-refractivity contribution in [2.45, 2.75) is 50.4 Å². The van der Waals surface area contributed by atoms with E-state index in [-0.39, 0.29) is 5.41 Å². The lowest BCUT2D eigenvalue weighted by atomic mass is 9.68. The Hall–Kier alpha value is -1.31. The van der Waals surface area contributed by atoms with Crippen LogP contribution in [0.4, 0.5) is 0 Å². The summed E-state index contributed by atoms with van der Waals surface area (Å²) in [6.07, 6.45) is 8.08. The van der Waals surface area contributed by atoms with Crippen molar-refractivity contribution in [3.63, 3.8) is 0 Å². The molecule has 0 atom stereocenters. The van der Waals surface area contributed by atoms with Gasteiger partial charge in [0.2, 0.25) is 5.91 Å². The van der Waals surface area contributed by atoms with Gasteiger partial charge in [-0.15, -0.1) is 0 Å². The molecule has 0 aromatic heterocycles. The van der Waals surface area contributed by atoms with E-state index < -0.39 is 0 Å². The molecular weight excluding hydrogens is 234 g/mol. The Morgan fingerprint density at radius 3 is 2.16 bits per heavy atom. The van der Waals surface area contributed by atoms with Crippen LogP contribution in [0.15, 0.2) is 30.3 Å². The molecule has 102 valence electrons. The molecule has 1 aromatic rings. The number of amides is 1. The number of carbonyl (C=O) groups excluding carboxylic acids is 1. The van der Waals surface area contributed by atoms with Gasteiger partial charge in [-0.3, -0.25) is 4.79 Å². The SMILES string of the molecule is O=C(N1CCCC1)C1(c2ccccc2)CCCCC1. The summed E-state index contributed by atoms with van der Waals surface area (Å²) in [4.78, 5) is 15.2. The molecule has 2 fully saturated rings. The number of carbonyl (C=O) groups is 1. The van der Waals surface area contributed by atoms with E-state index in [0.29, 0.717) is 5.91 Å². The van der Waals surface area contributed by atoms with Crippen molar-refractivity contribution in [3.05, 3.63) is 35.9 Å². The van der Waals surface area contributed by atoms with Crippen LogP contribution in [-0.2, 0) is 10.2 Å². The second-order valence-electron chi connectivity index (χ2n) is 6.01. The maximum atomic E-state index is 13.0. The fourth-order valence-electron chi connectivity index (χ4n) is 3.76. The molecular formula is C17H23NO. The highest BCUT2D eigenvalue weighted by molar-refractivity contribution is 5.88. The summed E-state index contributed by atoms with van der Waals surface area (Å²) in [6.45, 7) is 1.93. The number of rotatable bonds is 2. The lowest BCUT2D eigenvalue weighted by molar-refractivity contribution is -0.137. The smallest absolute Gasteiger partial charge is 0.233 e. The average molecular weight is 257 g/mol. The molecule has 1 aliphatic heterocycles. The minimum absolute atomic E-state index is 0.218. The van der Waals surface area contributed by atoms with Crippen LogP contribution in [-0.4, -0.2) is 23.9 Å². The van der Waals surface area contributed by atoms with Crippen LogP contribution in [0.25, 0.3) is 0 Å². The molecule has 1 aromatic carbocycles. The first-order valence-electron chi connectivity index (χ1n) is 7.68. The van der Waals surface area contributed by atoms with Crippen LogP contribution in [0, 0.1) is 0 Å². The van der Waals surface area contributed by atoms with Gasteiger partial charge in [0.15, 0.2) is 0 Å². The quantitative estimate of drug-likeness (QED) is 0.794. The van der Waals surface area contributed by atoms with Gasteiger partial charge in [-0.1, -0.05) is 49.6 Å². The summed E-state index contributed by atoms with van der Waals surface area (Å²) in [6, 6.07) is 10.5. The summed E-state index contributed by atoms with van der Waals surface area (Å²) in [7, 11) is 0. The summed E-state index contributed by atoms with van der Waals surface area (Å²) >= 11 is 0. The molecule has 2 heteroatoms. The lowest BCUT2D eigenvalue weighted by Crippen LogP contribution is -2.47. The zero-order valence-corrected chi connectivity index (χ0v) is 11.6. The predicted octanol–water partition coefficient (Wildman–Crippen LogP) is 3.51. The molecule has 0 spiro atoms. The molecule has 1 heterocycles. The molecule has 0 bridgehead atoms. The summed E-state index contributed by atoms with van der Waals surface area (Å²) in [5.74, 6) is 0.399. The van der Waals surface area contributed by atoms with Crippen molar-refractivity contribution < 1.29 is 4.79 Å². The fourth-order valence-corrected chi connectivity index (χ4v) is 3.76. The Morgan fingerprint density at radius 1 is 0.895 bits per heavy atom. The first-order chi connectivity index (χ1) is 9.33. The molecule has 2 aliphatic rings. The molecule has 19 heavy (non-hydrogen) atoms. The Kier molecular flexibility index (Phi) is 3.58. The highest BCUT2D eigenvalue weighted by Gasteiger charge is 2.43. The third-order valence-corrected chi connectivity index (χ3v) is 4.84. The summed E-state index contributed by atoms with van der Waals surface area (Å²) in [5.41, 5.74) is 1.02. The fraction of sp³-hybridized carbons (Fsp3) is 0.588. The van der Waals surface area contributed by atoms with Gasteiger partial charge in [0.1, 0.15) is 0 Å². The first-order valence-corrected chi connectivity index (χ1v) is 7.68. The first kappa shape index (κ1) is 12.7. The normalized spacial score (nSPS) is 22.4. The molecule has 1 saturated carbocycles. The Labute approximate surface area is 115 Å². The van der Waals surface area contributed by atoms with Gasteiger partial charge in [-0.25, -0.2) is 0 Å². The minimum atomic E-state index is -0.218. The molecule has 1 amide bonds. The van der Waals surface area contributed by atoms with Gasteiger partial charge in [-0.05, 0) is 31.2 Å². The van der Waals surface area contributed by atoms with E-state index in [9.17, 15) is 4.79 Å². The van der Waals surface area contributed by atoms with E-state index in [1.54, 1.807) is 0 Å². The monoisotopic (exact) mass is 257 g/mol. The highest BCUT2D eigenvalue weighted by Crippen LogP contribution is 2.41. The molecule has 3 rings (SSSR count). The minimum Gasteiger partial charge on any atom is -0.342 e. The predicted molar refractivity (Wildman–Crippen MR) is 77.0 cm³/mol. The van der Waals surface area contributed by atoms with Crippen molar-refractivity contribution in [2.24, 2.45) is 0 Å². The van der Waals surface area contributed by atoms with E-state index >= 15 is 0 Å². The molecule has 0 unspecified atom stereocenters. The van der Waals surface area contributed by atoms with Crippen LogP contribution < -0.4 is 0 Å². The standard InChI is InChI=1S/C17H23NO/c19-16(18-13-7-8-14-18)17(11-5-2-6-12-17)15-9-3-1-4-10-15/h1,3-4,9-10H,2,5-8,11-14H2. The Bertz CT molecular complexity index is 428. The zero-order valence-electron chi connectivity index (χ0n) is 11.6. The second-order valence-corrected chi connectivity index (χ2v) is 6.01. The number of hydrogen-bond donors (Lipinski definition) is 0. The van der Waals surface area contributed by atoms with Crippen LogP contribution in [0.3, 0.4) is 0 Å². The number of hydrogen-bond acceptors (Lipinski definition) is 1. The van der Waals surface area contributed by atoms with Gasteiger partial charge in [-0.2, -0.15) is 0 Å². The van der Waals surface area contributed by atoms with Crippen molar-refractivity contribution >= 4 is 5.91 Å². The summed E-state index contributed by atoms with van der Waals surface area (Å²) in [5, 5.41) is 0. The molecule has 1 saturated heterocycles. The van der Waals surface area contributed by atoms with Gasteiger partial charge in [0.05, 0.1) is 5.41 Å². The maximum absolute atomic E-state index is 13.0. The third kappa shape index (κ3) is 2.29. The van der Waals surface area contributed by atoms with Crippen molar-refractivity contribution in [2.75, 3.05) is 13.1 Å². The topological polar surface area (TPSA) is 20.3 Å². The van der Waals surface area contributed by atoms with Gasteiger partial charge < -0.3 is 4.90 Å². The van der Waals surface area contributed by atoms with E-state index in [0.717, 1.165) is 25.9 Å². The number of benzene rings is 1. The average Bonchev–Trinajstić information content (AvgIpc) is 3.02. The van der Waals surface area contributed by atoms with E-state index in [1.807, 2.05) is 6.07 Å². The molecule has 1 aliphatic carbocycles. The van der Waals surface area contributed by atoms with E-state index in [2.05, 4.69) is 29.2 Å². The maximum Gasteiger partial charge on any atom is 0.233 e. The highest BCUT2D eigenvalue weighted by atomic mass is 16.2. The largest absolute Gasteiger partial charge is 0.342 e. The van der Waals surface area contributed by atoms with Gasteiger partial charge >= 0.3 is 0 Å².